The summed E-state index contributed by atoms with van der Waals surface area (Å²) in [5, 5.41) is 12.1. The second kappa shape index (κ2) is 7.29. The number of hydrogen-bond donors (Lipinski definition) is 2. The molecule has 1 amide bonds. The number of ether oxygens (including phenoxy) is 1. The van der Waals surface area contributed by atoms with E-state index in [9.17, 15) is 9.90 Å². The van der Waals surface area contributed by atoms with Gasteiger partial charge in [-0.1, -0.05) is 24.1 Å². The Kier molecular flexibility index (Phi) is 5.41. The number of benzene rings is 1. The van der Waals surface area contributed by atoms with Gasteiger partial charge in [0.25, 0.3) is 5.91 Å². The largest absolute Gasteiger partial charge is 0.484 e. The number of carbonyl (C=O) groups excluding carboxylic acids is 1. The van der Waals surface area contributed by atoms with E-state index in [0.717, 1.165) is 24.8 Å². The minimum Gasteiger partial charge on any atom is -0.484 e. The number of hydrogen-bond acceptors (Lipinski definition) is 3. The number of aryl methyl sites for hydroxylation is 1. The van der Waals surface area contributed by atoms with E-state index in [1.54, 1.807) is 0 Å². The van der Waals surface area contributed by atoms with Gasteiger partial charge in [0.1, 0.15) is 5.75 Å². The van der Waals surface area contributed by atoms with E-state index in [-0.39, 0.29) is 19.1 Å². The molecule has 0 spiro atoms. The van der Waals surface area contributed by atoms with Crippen LogP contribution in [0.1, 0.15) is 24.8 Å². The molecule has 20 heavy (non-hydrogen) atoms. The lowest BCUT2D eigenvalue weighted by Crippen LogP contribution is -2.34. The maximum Gasteiger partial charge on any atom is 0.257 e. The highest BCUT2D eigenvalue weighted by Gasteiger charge is 2.26. The van der Waals surface area contributed by atoms with Gasteiger partial charge in [-0.25, -0.2) is 0 Å². The van der Waals surface area contributed by atoms with Gasteiger partial charge < -0.3 is 15.2 Å². The van der Waals surface area contributed by atoms with Crippen LogP contribution >= 0.6 is 0 Å². The highest BCUT2D eigenvalue weighted by molar-refractivity contribution is 5.77. The first-order chi connectivity index (χ1) is 9.69. The predicted molar refractivity (Wildman–Crippen MR) is 77.6 cm³/mol. The van der Waals surface area contributed by atoms with Crippen molar-refractivity contribution >= 4 is 5.91 Å². The van der Waals surface area contributed by atoms with Crippen molar-refractivity contribution in [1.82, 2.24) is 5.32 Å². The molecular formula is C16H23NO3. The normalized spacial score (nSPS) is 21.7. The molecule has 0 aromatic heterocycles. The van der Waals surface area contributed by atoms with Crippen LogP contribution in [0.4, 0.5) is 0 Å². The maximum absolute atomic E-state index is 11.7. The topological polar surface area (TPSA) is 58.6 Å². The number of rotatable bonds is 6. The third-order valence-electron chi connectivity index (χ3n) is 4.00. The van der Waals surface area contributed by atoms with Crippen LogP contribution in [0.5, 0.6) is 5.75 Å². The van der Waals surface area contributed by atoms with E-state index in [4.69, 9.17) is 4.74 Å². The molecule has 1 aliphatic rings. The number of nitrogens with one attached hydrogen (secondary N) is 1. The molecule has 0 bridgehead atoms. The van der Waals surface area contributed by atoms with Crippen molar-refractivity contribution in [2.45, 2.75) is 26.2 Å². The molecule has 1 aromatic rings. The molecule has 2 rings (SSSR count). The number of aliphatic hydroxyl groups is 1. The summed E-state index contributed by atoms with van der Waals surface area (Å²) in [6, 6.07) is 7.64. The number of amides is 1. The fraction of sp³-hybridized carbons (Fsp3) is 0.562. The Morgan fingerprint density at radius 3 is 2.70 bits per heavy atom. The van der Waals surface area contributed by atoms with Crippen LogP contribution in [0, 0.1) is 18.8 Å². The highest BCUT2D eigenvalue weighted by Crippen LogP contribution is 2.30. The smallest absolute Gasteiger partial charge is 0.257 e. The number of carbonyl (C=O) groups is 1. The van der Waals surface area contributed by atoms with Gasteiger partial charge >= 0.3 is 0 Å². The molecule has 1 aromatic carbocycles. The number of aliphatic hydroxyl groups excluding tert-OH is 1. The van der Waals surface area contributed by atoms with Crippen LogP contribution in [-0.2, 0) is 4.79 Å². The maximum atomic E-state index is 11.7. The Bertz CT molecular complexity index is 430. The van der Waals surface area contributed by atoms with E-state index in [2.05, 4.69) is 5.32 Å². The van der Waals surface area contributed by atoms with Crippen molar-refractivity contribution in [2.24, 2.45) is 11.8 Å². The van der Waals surface area contributed by atoms with Crippen molar-refractivity contribution < 1.29 is 14.6 Å². The minimum atomic E-state index is -0.103. The van der Waals surface area contributed by atoms with Crippen LogP contribution in [0.2, 0.25) is 0 Å². The Hall–Kier alpha value is -1.55. The van der Waals surface area contributed by atoms with Crippen LogP contribution in [0.3, 0.4) is 0 Å². The first kappa shape index (κ1) is 14.9. The van der Waals surface area contributed by atoms with E-state index in [1.807, 2.05) is 31.2 Å². The van der Waals surface area contributed by atoms with E-state index < -0.39 is 0 Å². The van der Waals surface area contributed by atoms with Crippen LogP contribution in [0.15, 0.2) is 24.3 Å². The summed E-state index contributed by atoms with van der Waals surface area (Å²) >= 11 is 0. The van der Waals surface area contributed by atoms with Crippen molar-refractivity contribution in [3.05, 3.63) is 29.8 Å². The fourth-order valence-corrected chi connectivity index (χ4v) is 2.70. The summed E-state index contributed by atoms with van der Waals surface area (Å²) in [6.45, 7) is 2.91. The summed E-state index contributed by atoms with van der Waals surface area (Å²) in [5.41, 5.74) is 1.16. The Balaban J connectivity index is 1.69. The molecular weight excluding hydrogens is 254 g/mol. The summed E-state index contributed by atoms with van der Waals surface area (Å²) in [7, 11) is 0. The van der Waals surface area contributed by atoms with Crippen LogP contribution in [-0.4, -0.2) is 30.8 Å². The van der Waals surface area contributed by atoms with Gasteiger partial charge in [-0.15, -0.1) is 0 Å². The lowest BCUT2D eigenvalue weighted by atomic mass is 9.97. The Morgan fingerprint density at radius 2 is 2.00 bits per heavy atom. The molecule has 4 nitrogen and oxygen atoms in total. The first-order valence-corrected chi connectivity index (χ1v) is 7.26. The van der Waals surface area contributed by atoms with Crippen molar-refractivity contribution in [2.75, 3.05) is 19.8 Å². The van der Waals surface area contributed by atoms with E-state index in [1.165, 1.54) is 0 Å². The van der Waals surface area contributed by atoms with Crippen LogP contribution < -0.4 is 10.1 Å². The SMILES string of the molecule is Cc1ccc(OCC(=O)NCC2CCCC2CO)cc1. The van der Waals surface area contributed by atoms with E-state index in [0.29, 0.717) is 24.1 Å². The molecule has 1 fully saturated rings. The predicted octanol–water partition coefficient (Wildman–Crippen LogP) is 1.90. The third kappa shape index (κ3) is 4.23. The lowest BCUT2D eigenvalue weighted by Gasteiger charge is -2.17. The van der Waals surface area contributed by atoms with E-state index >= 15 is 0 Å². The van der Waals surface area contributed by atoms with Gasteiger partial charge in [-0.05, 0) is 43.7 Å². The van der Waals surface area contributed by atoms with Gasteiger partial charge in [-0.3, -0.25) is 4.79 Å². The summed E-state index contributed by atoms with van der Waals surface area (Å²) in [5.74, 6) is 1.35. The van der Waals surface area contributed by atoms with Crippen molar-refractivity contribution in [3.63, 3.8) is 0 Å². The molecule has 110 valence electrons. The van der Waals surface area contributed by atoms with Crippen molar-refractivity contribution in [1.29, 1.82) is 0 Å². The summed E-state index contributed by atoms with van der Waals surface area (Å²) < 4.78 is 5.43. The average molecular weight is 277 g/mol. The molecule has 0 heterocycles. The zero-order valence-corrected chi connectivity index (χ0v) is 12.0. The lowest BCUT2D eigenvalue weighted by molar-refractivity contribution is -0.123. The fourth-order valence-electron chi connectivity index (χ4n) is 2.70. The zero-order chi connectivity index (χ0) is 14.4. The third-order valence-corrected chi connectivity index (χ3v) is 4.00. The molecule has 2 N–H and O–H groups in total. The Morgan fingerprint density at radius 1 is 1.30 bits per heavy atom. The van der Waals surface area contributed by atoms with Crippen LogP contribution in [0.25, 0.3) is 0 Å². The Labute approximate surface area is 120 Å². The molecule has 2 atom stereocenters. The molecule has 2 unspecified atom stereocenters. The molecule has 0 radical (unpaired) electrons. The standard InChI is InChI=1S/C16H23NO3/c1-12-5-7-15(8-6-12)20-11-16(19)17-9-13-3-2-4-14(13)10-18/h5-8,13-14,18H,2-4,9-11H2,1H3,(H,17,19). The van der Waals surface area contributed by atoms with Crippen molar-refractivity contribution in [3.8, 4) is 5.75 Å². The highest BCUT2D eigenvalue weighted by atomic mass is 16.5. The van der Waals surface area contributed by atoms with Gasteiger partial charge in [-0.2, -0.15) is 0 Å². The average Bonchev–Trinajstić information content (AvgIpc) is 2.92. The second-order valence-electron chi connectivity index (χ2n) is 5.54. The minimum absolute atomic E-state index is 0.0412. The van der Waals surface area contributed by atoms with Gasteiger partial charge in [0, 0.05) is 13.2 Å². The molecule has 1 saturated carbocycles. The molecule has 4 heteroatoms. The molecule has 1 aliphatic carbocycles. The molecule has 0 saturated heterocycles. The van der Waals surface area contributed by atoms with Gasteiger partial charge in [0.15, 0.2) is 6.61 Å². The molecule has 0 aliphatic heterocycles. The van der Waals surface area contributed by atoms with Gasteiger partial charge in [0.2, 0.25) is 0 Å². The van der Waals surface area contributed by atoms with Gasteiger partial charge in [0.05, 0.1) is 0 Å². The summed E-state index contributed by atoms with van der Waals surface area (Å²) in [4.78, 5) is 11.7. The first-order valence-electron chi connectivity index (χ1n) is 7.26. The summed E-state index contributed by atoms with van der Waals surface area (Å²) in [6.07, 6.45) is 3.30. The quantitative estimate of drug-likeness (QED) is 0.835. The second-order valence-corrected chi connectivity index (χ2v) is 5.54. The zero-order valence-electron chi connectivity index (χ0n) is 12.0. The monoisotopic (exact) mass is 277 g/mol.